The molecule has 0 bridgehead atoms. The van der Waals surface area contributed by atoms with E-state index in [9.17, 15) is 9.59 Å². The van der Waals surface area contributed by atoms with Crippen LogP contribution in [0, 0.1) is 14.4 Å². The van der Waals surface area contributed by atoms with Crippen LogP contribution >= 0.6 is 38.5 Å². The number of rotatable bonds is 9. The molecule has 230 valence electrons. The summed E-state index contributed by atoms with van der Waals surface area (Å²) >= 11 is 5.91. The minimum atomic E-state index is -0.443. The number of methoxy groups -OCH3 is 1. The molecule has 2 aromatic carbocycles. The van der Waals surface area contributed by atoms with Gasteiger partial charge < -0.3 is 19.1 Å². The molecule has 0 spiro atoms. The molecule has 1 aliphatic heterocycles. The highest BCUT2D eigenvalue weighted by Crippen LogP contribution is 2.55. The molecule has 1 heterocycles. The van der Waals surface area contributed by atoms with E-state index in [-0.39, 0.29) is 22.4 Å². The number of hydrogen-bond acceptors (Lipinski definition) is 6. The summed E-state index contributed by atoms with van der Waals surface area (Å²) in [5, 5.41) is 0. The lowest BCUT2D eigenvalue weighted by Gasteiger charge is -2.49. The summed E-state index contributed by atoms with van der Waals surface area (Å²) in [5.41, 5.74) is 5.16. The van der Waals surface area contributed by atoms with E-state index in [0.717, 1.165) is 54.6 Å². The number of carbonyl (C=O) groups is 2. The molecule has 0 N–H and O–H groups in total. The Balaban J connectivity index is 1.67. The molecule has 0 saturated heterocycles. The van der Waals surface area contributed by atoms with Crippen molar-refractivity contribution in [2.75, 3.05) is 26.9 Å². The normalized spacial score (nSPS) is 19.9. The lowest BCUT2D eigenvalue weighted by atomic mass is 9.63. The largest absolute Gasteiger partial charge is 0.490 e. The SMILES string of the molecule is CCOc1cc(C2C3=C(CC(C)(C)CC3=O)N(CCOC)C3=C2C(=O)CC(C)(C)C3)cc(I)c1OCc1ccccc1Br. The lowest BCUT2D eigenvalue weighted by molar-refractivity contribution is -0.119. The average Bonchev–Trinajstić information content (AvgIpc) is 2.90. The first-order chi connectivity index (χ1) is 20.4. The summed E-state index contributed by atoms with van der Waals surface area (Å²) in [6.45, 7) is 12.5. The standard InChI is InChI=1S/C35H41BrINO5/c1-7-42-29-15-22(14-24(37)33(29)43-20-21-10-8-9-11-23(21)36)30-31-25(16-34(2,3)18-27(31)39)38(12-13-41-6)26-17-35(4,5)19-28(40)32(26)30/h8-11,14-15,30H,7,12-13,16-20H2,1-6H3. The van der Waals surface area contributed by atoms with Gasteiger partial charge in [0.1, 0.15) is 6.61 Å². The van der Waals surface area contributed by atoms with E-state index >= 15 is 0 Å². The van der Waals surface area contributed by atoms with Gasteiger partial charge in [0.25, 0.3) is 0 Å². The maximum absolute atomic E-state index is 14.1. The van der Waals surface area contributed by atoms with Crippen LogP contribution in [0.5, 0.6) is 11.5 Å². The maximum Gasteiger partial charge on any atom is 0.174 e. The van der Waals surface area contributed by atoms with E-state index in [2.05, 4.69) is 77.2 Å². The smallest absolute Gasteiger partial charge is 0.174 e. The van der Waals surface area contributed by atoms with E-state index in [1.54, 1.807) is 7.11 Å². The van der Waals surface area contributed by atoms with Gasteiger partial charge in [-0.05, 0) is 76.9 Å². The van der Waals surface area contributed by atoms with Gasteiger partial charge in [0.05, 0.1) is 16.8 Å². The highest BCUT2D eigenvalue weighted by Gasteiger charge is 2.49. The molecule has 2 aliphatic carbocycles. The molecule has 8 heteroatoms. The van der Waals surface area contributed by atoms with Crippen molar-refractivity contribution in [3.8, 4) is 11.5 Å². The average molecular weight is 763 g/mol. The van der Waals surface area contributed by atoms with Crippen molar-refractivity contribution in [2.45, 2.75) is 72.8 Å². The van der Waals surface area contributed by atoms with Gasteiger partial charge in [0.2, 0.25) is 0 Å². The molecule has 0 radical (unpaired) electrons. The van der Waals surface area contributed by atoms with Crippen LogP contribution in [0.4, 0.5) is 0 Å². The van der Waals surface area contributed by atoms with Gasteiger partial charge >= 0.3 is 0 Å². The van der Waals surface area contributed by atoms with E-state index in [1.165, 1.54) is 0 Å². The second-order valence-electron chi connectivity index (χ2n) is 13.3. The van der Waals surface area contributed by atoms with E-state index in [1.807, 2.05) is 37.3 Å². The van der Waals surface area contributed by atoms with E-state index in [0.29, 0.717) is 50.7 Å². The van der Waals surface area contributed by atoms with Gasteiger partial charge in [-0.15, -0.1) is 0 Å². The van der Waals surface area contributed by atoms with Crippen molar-refractivity contribution in [1.82, 2.24) is 4.90 Å². The molecule has 0 atom stereocenters. The van der Waals surface area contributed by atoms with Crippen molar-refractivity contribution in [1.29, 1.82) is 0 Å². The lowest BCUT2D eigenvalue weighted by Crippen LogP contribution is -2.45. The summed E-state index contributed by atoms with van der Waals surface area (Å²) in [6, 6.07) is 12.1. The Morgan fingerprint density at radius 1 is 0.930 bits per heavy atom. The number of ether oxygens (including phenoxy) is 3. The van der Waals surface area contributed by atoms with Gasteiger partial charge in [-0.2, -0.15) is 0 Å². The number of hydrogen-bond donors (Lipinski definition) is 0. The summed E-state index contributed by atoms with van der Waals surface area (Å²) in [6.07, 6.45) is 2.43. The third-order valence-corrected chi connectivity index (χ3v) is 10.1. The van der Waals surface area contributed by atoms with Gasteiger partial charge in [-0.25, -0.2) is 0 Å². The third kappa shape index (κ3) is 6.61. The zero-order chi connectivity index (χ0) is 31.1. The number of allylic oxidation sites excluding steroid dienone is 4. The zero-order valence-corrected chi connectivity index (χ0v) is 29.7. The number of ketones is 2. The van der Waals surface area contributed by atoms with Gasteiger partial charge in [-0.1, -0.05) is 61.8 Å². The highest BCUT2D eigenvalue weighted by atomic mass is 127. The van der Waals surface area contributed by atoms with Crippen LogP contribution in [0.25, 0.3) is 0 Å². The Kier molecular flexibility index (Phi) is 9.50. The first-order valence-corrected chi connectivity index (χ1v) is 16.8. The quantitative estimate of drug-likeness (QED) is 0.240. The number of benzene rings is 2. The second-order valence-corrected chi connectivity index (χ2v) is 15.3. The monoisotopic (exact) mass is 761 g/mol. The van der Waals surface area contributed by atoms with Crippen LogP contribution < -0.4 is 9.47 Å². The fourth-order valence-electron chi connectivity index (χ4n) is 6.76. The summed E-state index contributed by atoms with van der Waals surface area (Å²) < 4.78 is 19.9. The molecule has 43 heavy (non-hydrogen) atoms. The Morgan fingerprint density at radius 3 is 2.09 bits per heavy atom. The molecular weight excluding hydrogens is 721 g/mol. The van der Waals surface area contributed by atoms with Gasteiger partial charge in [0, 0.05) is 65.0 Å². The van der Waals surface area contributed by atoms with Crippen molar-refractivity contribution in [2.24, 2.45) is 10.8 Å². The van der Waals surface area contributed by atoms with Crippen LogP contribution in [0.2, 0.25) is 0 Å². The van der Waals surface area contributed by atoms with Crippen LogP contribution in [0.15, 0.2) is 63.4 Å². The minimum absolute atomic E-state index is 0.116. The first kappa shape index (κ1) is 32.2. The van der Waals surface area contributed by atoms with E-state index in [4.69, 9.17) is 14.2 Å². The fraction of sp³-hybridized carbons (Fsp3) is 0.486. The van der Waals surface area contributed by atoms with Crippen LogP contribution in [-0.2, 0) is 20.9 Å². The first-order valence-electron chi connectivity index (χ1n) is 15.0. The minimum Gasteiger partial charge on any atom is -0.490 e. The van der Waals surface area contributed by atoms with Crippen molar-refractivity contribution in [3.63, 3.8) is 0 Å². The number of carbonyl (C=O) groups excluding carboxylic acids is 2. The fourth-order valence-corrected chi connectivity index (χ4v) is 7.94. The molecule has 0 unspecified atom stereocenters. The zero-order valence-electron chi connectivity index (χ0n) is 25.9. The summed E-state index contributed by atoms with van der Waals surface area (Å²) in [4.78, 5) is 30.5. The Labute approximate surface area is 277 Å². The highest BCUT2D eigenvalue weighted by molar-refractivity contribution is 14.1. The summed E-state index contributed by atoms with van der Waals surface area (Å²) in [5.74, 6) is 1.07. The van der Waals surface area contributed by atoms with Crippen LogP contribution in [0.1, 0.15) is 77.3 Å². The molecule has 0 aromatic heterocycles. The van der Waals surface area contributed by atoms with Crippen molar-refractivity contribution >= 4 is 50.1 Å². The molecule has 0 fully saturated rings. The molecule has 3 aliphatic rings. The Hall–Kier alpha value is -2.17. The van der Waals surface area contributed by atoms with Crippen molar-refractivity contribution < 1.29 is 23.8 Å². The molecular formula is C35H41BrINO5. The third-order valence-electron chi connectivity index (χ3n) is 8.54. The molecule has 2 aromatic rings. The molecule has 0 saturated carbocycles. The van der Waals surface area contributed by atoms with Gasteiger partial charge in [0.15, 0.2) is 23.1 Å². The second kappa shape index (κ2) is 12.7. The predicted molar refractivity (Wildman–Crippen MR) is 180 cm³/mol. The maximum atomic E-state index is 14.1. The number of Topliss-reactive ketones (excluding diaryl/α,β-unsaturated/α-hetero) is 2. The van der Waals surface area contributed by atoms with E-state index < -0.39 is 5.92 Å². The predicted octanol–water partition coefficient (Wildman–Crippen LogP) is 8.36. The number of nitrogens with zero attached hydrogens (tertiary/aromatic N) is 1. The Morgan fingerprint density at radius 2 is 1.53 bits per heavy atom. The van der Waals surface area contributed by atoms with Crippen LogP contribution in [-0.4, -0.2) is 43.3 Å². The molecule has 6 nitrogen and oxygen atoms in total. The van der Waals surface area contributed by atoms with Crippen molar-refractivity contribution in [3.05, 3.63) is 78.1 Å². The molecule has 5 rings (SSSR count). The van der Waals surface area contributed by atoms with Crippen LogP contribution in [0.3, 0.4) is 0 Å². The van der Waals surface area contributed by atoms with Gasteiger partial charge in [-0.3, -0.25) is 9.59 Å². The number of halogens is 2. The Bertz CT molecular complexity index is 1450. The topological polar surface area (TPSA) is 65.1 Å². The summed E-state index contributed by atoms with van der Waals surface area (Å²) in [7, 11) is 1.70. The molecule has 0 amide bonds.